The molecule has 0 aliphatic heterocycles. The zero-order valence-electron chi connectivity index (χ0n) is 14.2. The van der Waals surface area contributed by atoms with Crippen molar-refractivity contribution in [2.45, 2.75) is 47.1 Å². The molecule has 2 rings (SSSR count). The van der Waals surface area contributed by atoms with Crippen molar-refractivity contribution in [1.82, 2.24) is 0 Å². The second kappa shape index (κ2) is 7.88. The summed E-state index contributed by atoms with van der Waals surface area (Å²) in [6.07, 6.45) is 2.26. The third kappa shape index (κ3) is 4.52. The number of rotatable bonds is 7. The van der Waals surface area contributed by atoms with Crippen molar-refractivity contribution in [3.8, 4) is 5.75 Å². The summed E-state index contributed by atoms with van der Waals surface area (Å²) in [6.45, 7) is 10.2. The number of hydrogen-bond donors (Lipinski definition) is 1. The topological polar surface area (TPSA) is 21.3 Å². The molecule has 0 bridgehead atoms. The predicted octanol–water partition coefficient (Wildman–Crippen LogP) is 5.40. The fourth-order valence-electron chi connectivity index (χ4n) is 2.73. The number of anilines is 1. The van der Waals surface area contributed by atoms with Crippen molar-refractivity contribution in [1.29, 1.82) is 0 Å². The molecule has 0 atom stereocenters. The lowest BCUT2D eigenvalue weighted by Gasteiger charge is -2.14. The summed E-state index contributed by atoms with van der Waals surface area (Å²) in [5, 5.41) is 3.56. The molecule has 0 fully saturated rings. The Hall–Kier alpha value is -1.96. The lowest BCUT2D eigenvalue weighted by atomic mass is 10.0. The molecule has 0 aliphatic carbocycles. The monoisotopic (exact) mass is 297 g/mol. The Morgan fingerprint density at radius 1 is 1.00 bits per heavy atom. The molecule has 2 aromatic carbocycles. The van der Waals surface area contributed by atoms with Crippen LogP contribution in [0.25, 0.3) is 0 Å². The summed E-state index contributed by atoms with van der Waals surface area (Å²) >= 11 is 0. The highest BCUT2D eigenvalue weighted by molar-refractivity contribution is 5.58. The van der Waals surface area contributed by atoms with Crippen LogP contribution >= 0.6 is 0 Å². The minimum Gasteiger partial charge on any atom is -0.494 e. The number of nitrogens with one attached hydrogen (secondary N) is 1. The van der Waals surface area contributed by atoms with Gasteiger partial charge >= 0.3 is 0 Å². The number of ether oxygens (including phenoxy) is 1. The van der Waals surface area contributed by atoms with Gasteiger partial charge in [0.2, 0.25) is 0 Å². The average molecular weight is 297 g/mol. The number of hydrogen-bond acceptors (Lipinski definition) is 2. The van der Waals surface area contributed by atoms with Gasteiger partial charge < -0.3 is 10.1 Å². The highest BCUT2D eigenvalue weighted by atomic mass is 16.5. The number of aryl methyl sites for hydroxylation is 3. The first-order valence-electron chi connectivity index (χ1n) is 8.13. The molecule has 0 radical (unpaired) electrons. The van der Waals surface area contributed by atoms with Gasteiger partial charge in [0.05, 0.1) is 6.61 Å². The molecule has 0 saturated heterocycles. The third-order valence-corrected chi connectivity index (χ3v) is 3.81. The smallest absolute Gasteiger partial charge is 0.119 e. The van der Waals surface area contributed by atoms with E-state index < -0.39 is 0 Å². The second-order valence-corrected chi connectivity index (χ2v) is 5.98. The van der Waals surface area contributed by atoms with Crippen LogP contribution in [0.1, 0.15) is 42.0 Å². The third-order valence-electron chi connectivity index (χ3n) is 3.81. The van der Waals surface area contributed by atoms with E-state index in [0.717, 1.165) is 31.7 Å². The first kappa shape index (κ1) is 16.4. The summed E-state index contributed by atoms with van der Waals surface area (Å²) in [6, 6.07) is 12.8. The van der Waals surface area contributed by atoms with Gasteiger partial charge in [-0.3, -0.25) is 0 Å². The quantitative estimate of drug-likeness (QED) is 0.691. The van der Waals surface area contributed by atoms with Gasteiger partial charge in [0.25, 0.3) is 0 Å². The van der Waals surface area contributed by atoms with E-state index in [1.165, 1.54) is 27.9 Å². The summed E-state index contributed by atoms with van der Waals surface area (Å²) in [5.41, 5.74) is 6.39. The summed E-state index contributed by atoms with van der Waals surface area (Å²) in [4.78, 5) is 0. The molecule has 0 aliphatic rings. The van der Waals surface area contributed by atoms with E-state index in [2.05, 4.69) is 63.3 Å². The fraction of sp³-hybridized carbons (Fsp3) is 0.400. The summed E-state index contributed by atoms with van der Waals surface area (Å²) in [5.74, 6) is 0.963. The van der Waals surface area contributed by atoms with Crippen molar-refractivity contribution in [3.63, 3.8) is 0 Å². The molecule has 0 spiro atoms. The predicted molar refractivity (Wildman–Crippen MR) is 94.8 cm³/mol. The molecule has 0 amide bonds. The molecular formula is C20H27NO. The van der Waals surface area contributed by atoms with Gasteiger partial charge in [-0.25, -0.2) is 0 Å². The normalized spacial score (nSPS) is 10.5. The van der Waals surface area contributed by atoms with Gasteiger partial charge in [0.1, 0.15) is 5.75 Å². The first-order chi connectivity index (χ1) is 10.6. The van der Waals surface area contributed by atoms with Crippen molar-refractivity contribution in [2.24, 2.45) is 0 Å². The van der Waals surface area contributed by atoms with Crippen LogP contribution < -0.4 is 10.1 Å². The lowest BCUT2D eigenvalue weighted by molar-refractivity contribution is 0.309. The highest BCUT2D eigenvalue weighted by Gasteiger charge is 2.04. The highest BCUT2D eigenvalue weighted by Crippen LogP contribution is 2.23. The standard InChI is InChI=1S/C20H27NO/c1-5-6-10-22-19-9-7-8-18(13-19)14-21-20-16(3)11-15(2)12-17(20)4/h7-9,11-13,21H,5-6,10,14H2,1-4H3. The van der Waals surface area contributed by atoms with Crippen LogP contribution in [0.3, 0.4) is 0 Å². The molecule has 0 heterocycles. The van der Waals surface area contributed by atoms with E-state index >= 15 is 0 Å². The second-order valence-electron chi connectivity index (χ2n) is 5.98. The van der Waals surface area contributed by atoms with Gasteiger partial charge in [0, 0.05) is 12.2 Å². The van der Waals surface area contributed by atoms with Crippen LogP contribution in [-0.2, 0) is 6.54 Å². The molecule has 118 valence electrons. The first-order valence-corrected chi connectivity index (χ1v) is 8.13. The van der Waals surface area contributed by atoms with E-state index in [0.29, 0.717) is 0 Å². The molecule has 2 nitrogen and oxygen atoms in total. The van der Waals surface area contributed by atoms with Crippen LogP contribution in [0.15, 0.2) is 36.4 Å². The van der Waals surface area contributed by atoms with Gasteiger partial charge in [-0.2, -0.15) is 0 Å². The minimum absolute atomic E-state index is 0.795. The molecule has 22 heavy (non-hydrogen) atoms. The Balaban J connectivity index is 2.01. The van der Waals surface area contributed by atoms with Crippen LogP contribution in [0, 0.1) is 20.8 Å². The maximum absolute atomic E-state index is 5.77. The largest absolute Gasteiger partial charge is 0.494 e. The molecule has 2 aromatic rings. The average Bonchev–Trinajstić information content (AvgIpc) is 2.47. The molecule has 0 aromatic heterocycles. The van der Waals surface area contributed by atoms with Crippen molar-refractivity contribution in [3.05, 3.63) is 58.7 Å². The van der Waals surface area contributed by atoms with Crippen molar-refractivity contribution in [2.75, 3.05) is 11.9 Å². The van der Waals surface area contributed by atoms with Gasteiger partial charge in [-0.05, 0) is 56.0 Å². The van der Waals surface area contributed by atoms with E-state index in [9.17, 15) is 0 Å². The fourth-order valence-corrected chi connectivity index (χ4v) is 2.73. The lowest BCUT2D eigenvalue weighted by Crippen LogP contribution is -2.04. The Morgan fingerprint density at radius 3 is 2.41 bits per heavy atom. The number of benzene rings is 2. The van der Waals surface area contributed by atoms with Crippen LogP contribution in [0.4, 0.5) is 5.69 Å². The maximum Gasteiger partial charge on any atom is 0.119 e. The summed E-state index contributed by atoms with van der Waals surface area (Å²) < 4.78 is 5.77. The Bertz CT molecular complexity index is 596. The Labute approximate surface area is 134 Å². The van der Waals surface area contributed by atoms with Crippen LogP contribution in [0.2, 0.25) is 0 Å². The molecule has 0 unspecified atom stereocenters. The Kier molecular flexibility index (Phi) is 5.88. The molecular weight excluding hydrogens is 270 g/mol. The zero-order valence-corrected chi connectivity index (χ0v) is 14.2. The Morgan fingerprint density at radius 2 is 1.73 bits per heavy atom. The SMILES string of the molecule is CCCCOc1cccc(CNc2c(C)cc(C)cc2C)c1. The zero-order chi connectivity index (χ0) is 15.9. The number of unbranched alkanes of at least 4 members (excludes halogenated alkanes) is 1. The van der Waals surface area contributed by atoms with Crippen molar-refractivity contribution < 1.29 is 4.74 Å². The van der Waals surface area contributed by atoms with Crippen molar-refractivity contribution >= 4 is 5.69 Å². The van der Waals surface area contributed by atoms with Gasteiger partial charge in [-0.1, -0.05) is 43.2 Å². The molecule has 0 saturated carbocycles. The van der Waals surface area contributed by atoms with E-state index in [-0.39, 0.29) is 0 Å². The van der Waals surface area contributed by atoms with Crippen LogP contribution in [0.5, 0.6) is 5.75 Å². The van der Waals surface area contributed by atoms with Gasteiger partial charge in [-0.15, -0.1) is 0 Å². The molecule has 2 heteroatoms. The van der Waals surface area contributed by atoms with E-state index in [4.69, 9.17) is 4.74 Å². The van der Waals surface area contributed by atoms with Crippen LogP contribution in [-0.4, -0.2) is 6.61 Å². The van der Waals surface area contributed by atoms with E-state index in [1.54, 1.807) is 0 Å². The summed E-state index contributed by atoms with van der Waals surface area (Å²) in [7, 11) is 0. The minimum atomic E-state index is 0.795. The van der Waals surface area contributed by atoms with E-state index in [1.807, 2.05) is 6.07 Å². The molecule has 1 N–H and O–H groups in total. The maximum atomic E-state index is 5.77. The van der Waals surface area contributed by atoms with Gasteiger partial charge in [0.15, 0.2) is 0 Å².